The van der Waals surface area contributed by atoms with Crippen molar-refractivity contribution in [2.24, 2.45) is 11.8 Å². The molecule has 0 radical (unpaired) electrons. The first-order chi connectivity index (χ1) is 17.4. The van der Waals surface area contributed by atoms with E-state index >= 15 is 0 Å². The summed E-state index contributed by atoms with van der Waals surface area (Å²) >= 11 is 0. The Morgan fingerprint density at radius 3 is 2.75 bits per heavy atom. The van der Waals surface area contributed by atoms with Crippen LogP contribution in [-0.4, -0.2) is 69.8 Å². The van der Waals surface area contributed by atoms with Crippen LogP contribution >= 0.6 is 0 Å². The molecular weight excluding hydrogens is 452 g/mol. The van der Waals surface area contributed by atoms with Crippen molar-refractivity contribution >= 4 is 5.91 Å². The topological polar surface area (TPSA) is 73.2 Å². The summed E-state index contributed by atoms with van der Waals surface area (Å²) in [6, 6.07) is 3.72. The molecule has 1 amide bonds. The van der Waals surface area contributed by atoms with Gasteiger partial charge in [-0.3, -0.25) is 9.69 Å². The van der Waals surface area contributed by atoms with Crippen LogP contribution in [0.15, 0.2) is 24.3 Å². The largest absolute Gasteiger partial charge is 0.504 e. The van der Waals surface area contributed by atoms with E-state index in [1.54, 1.807) is 12.1 Å². The standard InChI is InChI=1S/C30H40N2O4/c1-31(25(34)12-9-19-5-3-2-4-6-19)22-13-14-30(35)24-17-21-10-11-23(33)27-26(21)29(30,28(22)36-27)15-16-32(24)18-20-7-8-20/h9-12,19-20,22,24,28,33,35H,2-8,13-18H2,1H3/b12-9+/t22-,24+,28-,29-,30+/m0/s1. The van der Waals surface area contributed by atoms with E-state index in [4.69, 9.17) is 4.74 Å². The molecule has 2 aliphatic heterocycles. The molecule has 2 heterocycles. The molecule has 0 aromatic heterocycles. The van der Waals surface area contributed by atoms with Crippen molar-refractivity contribution in [1.82, 2.24) is 9.80 Å². The van der Waals surface area contributed by atoms with E-state index in [2.05, 4.69) is 11.0 Å². The second-order valence-electron chi connectivity index (χ2n) is 12.6. The quantitative estimate of drug-likeness (QED) is 0.610. The number of hydrogen-bond donors (Lipinski definition) is 2. The molecule has 1 aromatic carbocycles. The van der Waals surface area contributed by atoms with Gasteiger partial charge in [0, 0.05) is 25.2 Å². The number of phenols is 1. The fourth-order valence-electron chi connectivity index (χ4n) is 8.68. The SMILES string of the molecule is CN(C(=O)/C=C/C1CCCCC1)[C@H]1CC[C@@]2(O)[C@H]3Cc4ccc(O)c5c4[C@@]2(CCN3CC2CC2)[C@H]1O5. The molecule has 7 rings (SSSR count). The van der Waals surface area contributed by atoms with E-state index in [0.29, 0.717) is 24.5 Å². The highest BCUT2D eigenvalue weighted by atomic mass is 16.5. The Hall–Kier alpha value is -2.05. The number of amides is 1. The Morgan fingerprint density at radius 2 is 1.97 bits per heavy atom. The van der Waals surface area contributed by atoms with Gasteiger partial charge in [0.25, 0.3) is 0 Å². The number of likely N-dealkylation sites (tertiary alicyclic amines) is 1. The summed E-state index contributed by atoms with van der Waals surface area (Å²) in [5, 5.41) is 23.4. The highest BCUT2D eigenvalue weighted by Gasteiger charge is 2.73. The van der Waals surface area contributed by atoms with Crippen molar-refractivity contribution in [3.8, 4) is 11.5 Å². The fraction of sp³-hybridized carbons (Fsp3) is 0.700. The number of nitrogens with zero attached hydrogens (tertiary/aromatic N) is 2. The summed E-state index contributed by atoms with van der Waals surface area (Å²) in [5.41, 5.74) is 0.743. The zero-order valence-electron chi connectivity index (χ0n) is 21.5. The van der Waals surface area contributed by atoms with Crippen LogP contribution in [0.4, 0.5) is 0 Å². The van der Waals surface area contributed by atoms with Crippen molar-refractivity contribution in [2.45, 2.75) is 99.8 Å². The number of allylic oxidation sites excluding steroid dienone is 1. The van der Waals surface area contributed by atoms with Gasteiger partial charge in [0.15, 0.2) is 11.5 Å². The van der Waals surface area contributed by atoms with Crippen molar-refractivity contribution < 1.29 is 19.7 Å². The summed E-state index contributed by atoms with van der Waals surface area (Å²) < 4.78 is 6.64. The highest BCUT2D eigenvalue weighted by Crippen LogP contribution is 2.66. The van der Waals surface area contributed by atoms with Crippen LogP contribution < -0.4 is 4.74 Å². The maximum Gasteiger partial charge on any atom is 0.246 e. The molecule has 194 valence electrons. The number of phenolic OH excluding ortho intramolecular Hbond substituents is 1. The van der Waals surface area contributed by atoms with Gasteiger partial charge in [-0.25, -0.2) is 0 Å². The van der Waals surface area contributed by atoms with Gasteiger partial charge in [-0.15, -0.1) is 0 Å². The second-order valence-corrected chi connectivity index (χ2v) is 12.6. The molecule has 2 bridgehead atoms. The lowest BCUT2D eigenvalue weighted by Gasteiger charge is -2.64. The number of carbonyl (C=O) groups is 1. The minimum Gasteiger partial charge on any atom is -0.504 e. The summed E-state index contributed by atoms with van der Waals surface area (Å²) in [6.07, 6.45) is 15.3. The van der Waals surface area contributed by atoms with E-state index < -0.39 is 11.0 Å². The third-order valence-corrected chi connectivity index (χ3v) is 10.7. The van der Waals surface area contributed by atoms with Crippen LogP contribution in [0.1, 0.15) is 75.3 Å². The number of benzene rings is 1. The van der Waals surface area contributed by atoms with Crippen molar-refractivity contribution in [2.75, 3.05) is 20.1 Å². The number of ether oxygens (including phenoxy) is 1. The summed E-state index contributed by atoms with van der Waals surface area (Å²) in [6.45, 7) is 2.01. The lowest BCUT2D eigenvalue weighted by Crippen LogP contribution is -2.78. The first-order valence-corrected chi connectivity index (χ1v) is 14.4. The lowest BCUT2D eigenvalue weighted by molar-refractivity contribution is -0.200. The Kier molecular flexibility index (Phi) is 5.28. The number of carbonyl (C=O) groups excluding carboxylic acids is 1. The molecular formula is C30H40N2O4. The number of hydrogen-bond acceptors (Lipinski definition) is 5. The summed E-state index contributed by atoms with van der Waals surface area (Å²) in [7, 11) is 1.90. The van der Waals surface area contributed by atoms with Gasteiger partial charge in [-0.05, 0) is 87.5 Å². The van der Waals surface area contributed by atoms with Crippen molar-refractivity contribution in [3.63, 3.8) is 0 Å². The van der Waals surface area contributed by atoms with Gasteiger partial charge in [-0.2, -0.15) is 0 Å². The summed E-state index contributed by atoms with van der Waals surface area (Å²) in [4.78, 5) is 17.8. The van der Waals surface area contributed by atoms with E-state index in [1.807, 2.05) is 18.0 Å². The minimum absolute atomic E-state index is 0.0231. The zero-order chi connectivity index (χ0) is 24.7. The molecule has 1 aromatic rings. The van der Waals surface area contributed by atoms with E-state index in [1.165, 1.54) is 50.5 Å². The highest BCUT2D eigenvalue weighted by molar-refractivity contribution is 5.87. The van der Waals surface area contributed by atoms with Gasteiger partial charge < -0.3 is 19.8 Å². The summed E-state index contributed by atoms with van der Waals surface area (Å²) in [5.74, 6) is 2.01. The molecule has 5 atom stereocenters. The molecule has 0 unspecified atom stereocenters. The number of aromatic hydroxyl groups is 1. The predicted molar refractivity (Wildman–Crippen MR) is 137 cm³/mol. The molecule has 6 nitrogen and oxygen atoms in total. The Labute approximate surface area is 214 Å². The monoisotopic (exact) mass is 492 g/mol. The first kappa shape index (κ1) is 23.1. The molecule has 1 spiro atoms. The number of rotatable bonds is 5. The molecule has 1 saturated heterocycles. The molecule has 2 N–H and O–H groups in total. The number of likely N-dealkylation sites (N-methyl/N-ethyl adjacent to an activating group) is 1. The maximum absolute atomic E-state index is 13.4. The van der Waals surface area contributed by atoms with Crippen LogP contribution in [0.2, 0.25) is 0 Å². The van der Waals surface area contributed by atoms with E-state index in [9.17, 15) is 15.0 Å². The normalized spacial score (nSPS) is 37.6. The average molecular weight is 493 g/mol. The van der Waals surface area contributed by atoms with Crippen LogP contribution in [0, 0.1) is 11.8 Å². The lowest BCUT2D eigenvalue weighted by atomic mass is 9.48. The minimum atomic E-state index is -0.908. The number of piperidine rings is 1. The molecule has 4 fully saturated rings. The number of aliphatic hydroxyl groups is 1. The van der Waals surface area contributed by atoms with Crippen molar-refractivity contribution in [3.05, 3.63) is 35.4 Å². The van der Waals surface area contributed by atoms with Crippen LogP contribution in [-0.2, 0) is 16.6 Å². The van der Waals surface area contributed by atoms with Crippen LogP contribution in [0.5, 0.6) is 11.5 Å². The van der Waals surface area contributed by atoms with Gasteiger partial charge in [0.1, 0.15) is 6.10 Å². The third kappa shape index (κ3) is 3.19. The molecule has 4 aliphatic carbocycles. The molecule has 3 saturated carbocycles. The van der Waals surface area contributed by atoms with Gasteiger partial charge >= 0.3 is 0 Å². The van der Waals surface area contributed by atoms with Gasteiger partial charge in [0.05, 0.1) is 17.1 Å². The third-order valence-electron chi connectivity index (χ3n) is 10.7. The Bertz CT molecular complexity index is 1090. The van der Waals surface area contributed by atoms with E-state index in [-0.39, 0.29) is 29.8 Å². The van der Waals surface area contributed by atoms with Crippen molar-refractivity contribution in [1.29, 1.82) is 0 Å². The first-order valence-electron chi connectivity index (χ1n) is 14.4. The average Bonchev–Trinajstić information content (AvgIpc) is 3.63. The maximum atomic E-state index is 13.4. The fourth-order valence-corrected chi connectivity index (χ4v) is 8.68. The van der Waals surface area contributed by atoms with Gasteiger partial charge in [-0.1, -0.05) is 31.4 Å². The predicted octanol–water partition coefficient (Wildman–Crippen LogP) is 3.92. The molecule has 6 heteroatoms. The Balaban J connectivity index is 1.23. The Morgan fingerprint density at radius 1 is 1.17 bits per heavy atom. The van der Waals surface area contributed by atoms with Crippen LogP contribution in [0.3, 0.4) is 0 Å². The molecule has 6 aliphatic rings. The zero-order valence-corrected chi connectivity index (χ0v) is 21.5. The smallest absolute Gasteiger partial charge is 0.246 e. The second kappa shape index (κ2) is 8.22. The van der Waals surface area contributed by atoms with Gasteiger partial charge in [0.2, 0.25) is 5.91 Å². The van der Waals surface area contributed by atoms with Crippen LogP contribution in [0.25, 0.3) is 0 Å². The van der Waals surface area contributed by atoms with E-state index in [0.717, 1.165) is 37.4 Å². The molecule has 36 heavy (non-hydrogen) atoms.